The highest BCUT2D eigenvalue weighted by Gasteiger charge is 2.33. The first-order valence-electron chi connectivity index (χ1n) is 13.5. The van der Waals surface area contributed by atoms with Crippen molar-refractivity contribution in [3.05, 3.63) is 46.4 Å². The predicted molar refractivity (Wildman–Crippen MR) is 144 cm³/mol. The summed E-state index contributed by atoms with van der Waals surface area (Å²) < 4.78 is 26.9. The number of aryl methyl sites for hydroxylation is 1. The van der Waals surface area contributed by atoms with Gasteiger partial charge in [0.15, 0.2) is 0 Å². The van der Waals surface area contributed by atoms with Gasteiger partial charge >= 0.3 is 0 Å². The SMILES string of the molecule is CCC1=C(C2CCN(c3nc4c(c(N[C@H]5CCC(=O)N(C)C5)n3)S(=O)CC4)CC2)c2cc(F)ccc2C1. The first-order valence-corrected chi connectivity index (χ1v) is 14.8. The number of aromatic nitrogens is 2. The van der Waals surface area contributed by atoms with Crippen molar-refractivity contribution in [3.63, 3.8) is 0 Å². The molecule has 1 aliphatic carbocycles. The Balaban J connectivity index is 1.22. The fraction of sp³-hybridized carbons (Fsp3) is 0.536. The fourth-order valence-electron chi connectivity index (χ4n) is 6.41. The number of nitrogens with zero attached hydrogens (tertiary/aromatic N) is 4. The number of nitrogens with one attached hydrogen (secondary N) is 1. The van der Waals surface area contributed by atoms with Crippen LogP contribution < -0.4 is 10.2 Å². The molecule has 7 nitrogen and oxygen atoms in total. The molecule has 196 valence electrons. The number of carbonyl (C=O) groups is 1. The number of allylic oxidation sites excluding steroid dienone is 2. The zero-order valence-corrected chi connectivity index (χ0v) is 22.4. The van der Waals surface area contributed by atoms with Crippen molar-refractivity contribution in [1.29, 1.82) is 0 Å². The Hall–Kier alpha value is -2.81. The third-order valence-electron chi connectivity index (χ3n) is 8.40. The standard InChI is InChI=1S/C28H34FN5O2S/c1-3-17-14-19-4-5-20(29)15-22(19)25(17)18-8-11-34(12-9-18)28-31-23-10-13-37(36)26(23)27(32-28)30-21-6-7-24(35)33(2)16-21/h4-5,15,18,21H,3,6-14,16H2,1-2H3,(H,30,31,32)/t21-,37?/m0/s1. The number of hydrogen-bond donors (Lipinski definition) is 1. The van der Waals surface area contributed by atoms with Crippen molar-refractivity contribution in [2.24, 2.45) is 5.92 Å². The molecule has 0 radical (unpaired) electrons. The Labute approximate surface area is 220 Å². The molecule has 2 fully saturated rings. The summed E-state index contributed by atoms with van der Waals surface area (Å²) in [4.78, 5) is 26.4. The quantitative estimate of drug-likeness (QED) is 0.640. The van der Waals surface area contributed by atoms with Crippen LogP contribution in [-0.2, 0) is 28.4 Å². The van der Waals surface area contributed by atoms with Gasteiger partial charge in [-0.15, -0.1) is 0 Å². The second kappa shape index (κ2) is 9.82. The number of likely N-dealkylation sites (tertiary alicyclic amines) is 1. The van der Waals surface area contributed by atoms with Gasteiger partial charge in [0.25, 0.3) is 0 Å². The highest BCUT2D eigenvalue weighted by molar-refractivity contribution is 7.85. The highest BCUT2D eigenvalue weighted by atomic mass is 32.2. The van der Waals surface area contributed by atoms with Crippen LogP contribution in [0.25, 0.3) is 5.57 Å². The molecule has 1 aromatic carbocycles. The van der Waals surface area contributed by atoms with E-state index in [1.54, 1.807) is 17.0 Å². The van der Waals surface area contributed by atoms with Gasteiger partial charge in [-0.05, 0) is 66.9 Å². The van der Waals surface area contributed by atoms with E-state index in [4.69, 9.17) is 9.97 Å². The van der Waals surface area contributed by atoms with E-state index in [2.05, 4.69) is 17.1 Å². The largest absolute Gasteiger partial charge is 0.364 e. The van der Waals surface area contributed by atoms with Crippen molar-refractivity contribution in [2.75, 3.05) is 42.7 Å². The van der Waals surface area contributed by atoms with Crippen molar-refractivity contribution in [1.82, 2.24) is 14.9 Å². The number of carbonyl (C=O) groups excluding carboxylic acids is 1. The molecule has 1 amide bonds. The summed E-state index contributed by atoms with van der Waals surface area (Å²) in [5.41, 5.74) is 6.03. The lowest BCUT2D eigenvalue weighted by molar-refractivity contribution is -0.132. The molecule has 1 N–H and O–H groups in total. The van der Waals surface area contributed by atoms with E-state index in [9.17, 15) is 13.4 Å². The maximum atomic E-state index is 14.1. The van der Waals surface area contributed by atoms with Gasteiger partial charge in [-0.25, -0.2) is 9.37 Å². The molecule has 6 rings (SSSR count). The average molecular weight is 524 g/mol. The van der Waals surface area contributed by atoms with Crippen LogP contribution in [0, 0.1) is 11.7 Å². The predicted octanol–water partition coefficient (Wildman–Crippen LogP) is 3.95. The number of anilines is 2. The summed E-state index contributed by atoms with van der Waals surface area (Å²) in [5, 5.41) is 3.52. The van der Waals surface area contributed by atoms with Gasteiger partial charge in [-0.2, -0.15) is 4.98 Å². The summed E-state index contributed by atoms with van der Waals surface area (Å²) in [7, 11) is 0.723. The van der Waals surface area contributed by atoms with E-state index in [1.165, 1.54) is 16.7 Å². The molecule has 9 heteroatoms. The van der Waals surface area contributed by atoms with Gasteiger partial charge < -0.3 is 15.1 Å². The molecule has 0 spiro atoms. The van der Waals surface area contributed by atoms with Gasteiger partial charge in [-0.1, -0.05) is 18.6 Å². The highest BCUT2D eigenvalue weighted by Crippen LogP contribution is 2.43. The summed E-state index contributed by atoms with van der Waals surface area (Å²) in [6.45, 7) is 4.47. The molecule has 0 bridgehead atoms. The van der Waals surface area contributed by atoms with E-state index in [0.717, 1.165) is 61.3 Å². The normalized spacial score (nSPS) is 24.0. The summed E-state index contributed by atoms with van der Waals surface area (Å²) in [6.07, 6.45) is 5.82. The van der Waals surface area contributed by atoms with E-state index in [1.807, 2.05) is 13.1 Å². The average Bonchev–Trinajstić information content (AvgIpc) is 3.46. The lowest BCUT2D eigenvalue weighted by Gasteiger charge is -2.34. The molecular weight excluding hydrogens is 489 g/mol. The van der Waals surface area contributed by atoms with E-state index >= 15 is 0 Å². The van der Waals surface area contributed by atoms with E-state index in [-0.39, 0.29) is 17.8 Å². The van der Waals surface area contributed by atoms with Crippen molar-refractivity contribution < 1.29 is 13.4 Å². The first kappa shape index (κ1) is 24.5. The fourth-order valence-corrected chi connectivity index (χ4v) is 7.72. The monoisotopic (exact) mass is 523 g/mol. The van der Waals surface area contributed by atoms with Crippen LogP contribution in [0.4, 0.5) is 16.2 Å². The maximum Gasteiger partial charge on any atom is 0.227 e. The zero-order chi connectivity index (χ0) is 25.7. The topological polar surface area (TPSA) is 78.4 Å². The molecule has 4 aliphatic rings. The molecule has 2 atom stereocenters. The third-order valence-corrected chi connectivity index (χ3v) is 9.86. The van der Waals surface area contributed by atoms with E-state index < -0.39 is 10.8 Å². The van der Waals surface area contributed by atoms with Gasteiger partial charge in [0.05, 0.1) is 16.5 Å². The van der Waals surface area contributed by atoms with E-state index in [0.29, 0.717) is 42.8 Å². The number of halogens is 1. The molecule has 1 unspecified atom stereocenters. The number of likely N-dealkylation sites (N-methyl/N-ethyl adjacent to an activating group) is 1. The number of rotatable bonds is 5. The minimum Gasteiger partial charge on any atom is -0.364 e. The molecule has 2 saturated heterocycles. The molecular formula is C28H34FN5O2S. The van der Waals surface area contributed by atoms with Crippen LogP contribution in [-0.4, -0.2) is 63.5 Å². The van der Waals surface area contributed by atoms with Crippen molar-refractivity contribution >= 4 is 34.0 Å². The number of hydrogen-bond acceptors (Lipinski definition) is 6. The zero-order valence-electron chi connectivity index (χ0n) is 21.6. The maximum absolute atomic E-state index is 14.1. The minimum atomic E-state index is -1.10. The number of benzene rings is 1. The number of piperidine rings is 2. The molecule has 1 aromatic heterocycles. The Morgan fingerprint density at radius 3 is 2.73 bits per heavy atom. The summed E-state index contributed by atoms with van der Waals surface area (Å²) in [6, 6.07) is 5.32. The number of amides is 1. The summed E-state index contributed by atoms with van der Waals surface area (Å²) >= 11 is 0. The van der Waals surface area contributed by atoms with Gasteiger partial charge in [0.1, 0.15) is 16.5 Å². The lowest BCUT2D eigenvalue weighted by Crippen LogP contribution is -2.43. The molecule has 3 aliphatic heterocycles. The molecule has 37 heavy (non-hydrogen) atoms. The third kappa shape index (κ3) is 4.56. The van der Waals surface area contributed by atoms with Crippen LogP contribution in [0.3, 0.4) is 0 Å². The van der Waals surface area contributed by atoms with Crippen molar-refractivity contribution in [3.8, 4) is 0 Å². The molecule has 0 saturated carbocycles. The van der Waals surface area contributed by atoms with Gasteiger partial charge in [-0.3, -0.25) is 9.00 Å². The van der Waals surface area contributed by atoms with Crippen molar-refractivity contribution in [2.45, 2.75) is 62.8 Å². The second-order valence-electron chi connectivity index (χ2n) is 10.7. The Kier molecular flexibility index (Phi) is 6.51. The smallest absolute Gasteiger partial charge is 0.227 e. The Bertz CT molecular complexity index is 1300. The first-order chi connectivity index (χ1) is 17.9. The van der Waals surface area contributed by atoms with Crippen LogP contribution in [0.15, 0.2) is 28.7 Å². The molecule has 2 aromatic rings. The van der Waals surface area contributed by atoms with Crippen LogP contribution >= 0.6 is 0 Å². The summed E-state index contributed by atoms with van der Waals surface area (Å²) in [5.74, 6) is 2.35. The van der Waals surface area contributed by atoms with Gasteiger partial charge in [0.2, 0.25) is 11.9 Å². The Morgan fingerprint density at radius 1 is 1.16 bits per heavy atom. The molecule has 4 heterocycles. The van der Waals surface area contributed by atoms with Crippen LogP contribution in [0.5, 0.6) is 0 Å². The van der Waals surface area contributed by atoms with Crippen LogP contribution in [0.2, 0.25) is 0 Å². The minimum absolute atomic E-state index is 0.0834. The number of fused-ring (bicyclic) bond motifs is 2. The Morgan fingerprint density at radius 2 is 1.97 bits per heavy atom. The van der Waals surface area contributed by atoms with Gasteiger partial charge in [0, 0.05) is 51.3 Å². The lowest BCUT2D eigenvalue weighted by atomic mass is 9.84. The van der Waals surface area contributed by atoms with Crippen LogP contribution in [0.1, 0.15) is 55.8 Å². The second-order valence-corrected chi connectivity index (χ2v) is 12.2.